The Morgan fingerprint density at radius 3 is 2.44 bits per heavy atom. The molecule has 0 spiro atoms. The van der Waals surface area contributed by atoms with E-state index >= 15 is 0 Å². The molecule has 2 aromatic rings. The first-order valence-electron chi connectivity index (χ1n) is 7.28. The lowest BCUT2D eigenvalue weighted by molar-refractivity contribution is 0.0687. The number of carboxylic acid groups (broad SMARTS) is 1. The van der Waals surface area contributed by atoms with Gasteiger partial charge in [-0.1, -0.05) is 0 Å². The lowest BCUT2D eigenvalue weighted by atomic mass is 10.2. The first-order chi connectivity index (χ1) is 11.8. The van der Waals surface area contributed by atoms with Gasteiger partial charge < -0.3 is 24.5 Å². The average Bonchev–Trinajstić information content (AvgIpc) is 2.56. The summed E-state index contributed by atoms with van der Waals surface area (Å²) < 4.78 is 11.2. The summed E-state index contributed by atoms with van der Waals surface area (Å²) in [5, 5.41) is 9.28. The van der Waals surface area contributed by atoms with Crippen LogP contribution in [0.1, 0.15) is 16.1 Å². The third kappa shape index (κ3) is 3.56. The van der Waals surface area contributed by atoms with Crippen molar-refractivity contribution in [2.45, 2.75) is 6.54 Å². The zero-order valence-electron chi connectivity index (χ0n) is 14.3. The molecule has 134 valence electrons. The van der Waals surface area contributed by atoms with Gasteiger partial charge in [0.05, 0.1) is 25.5 Å². The van der Waals surface area contributed by atoms with Gasteiger partial charge in [-0.05, 0) is 26.2 Å². The topological polar surface area (TPSA) is 114 Å². The average molecular weight is 349 g/mol. The summed E-state index contributed by atoms with van der Waals surface area (Å²) in [5.74, 6) is -0.647. The standard InChI is InChI=1S/C16H19N3O6/c1-18(2)8-10-13(15(21)22)17-16(23)19(14(10)20)11-6-5-9(24-3)7-12(11)25-4/h5-7H,8H2,1-4H3,(H,17,23)(H,21,22). The van der Waals surface area contributed by atoms with E-state index in [4.69, 9.17) is 9.47 Å². The zero-order chi connectivity index (χ0) is 18.7. The van der Waals surface area contributed by atoms with Crippen molar-refractivity contribution in [3.8, 4) is 17.2 Å². The molecule has 0 unspecified atom stereocenters. The minimum absolute atomic E-state index is 0.0324. The Labute approximate surface area is 143 Å². The van der Waals surface area contributed by atoms with Crippen LogP contribution in [0.25, 0.3) is 5.69 Å². The Bertz CT molecular complexity index is 913. The van der Waals surface area contributed by atoms with Gasteiger partial charge in [0.1, 0.15) is 17.2 Å². The van der Waals surface area contributed by atoms with E-state index in [1.807, 2.05) is 0 Å². The van der Waals surface area contributed by atoms with Gasteiger partial charge in [0.25, 0.3) is 5.56 Å². The van der Waals surface area contributed by atoms with E-state index in [1.165, 1.54) is 26.4 Å². The smallest absolute Gasteiger partial charge is 0.352 e. The Kier molecular flexibility index (Phi) is 5.28. The van der Waals surface area contributed by atoms with Crippen LogP contribution in [-0.2, 0) is 6.54 Å². The quantitative estimate of drug-likeness (QED) is 0.771. The van der Waals surface area contributed by atoms with Crippen molar-refractivity contribution < 1.29 is 19.4 Å². The van der Waals surface area contributed by atoms with Crippen molar-refractivity contribution >= 4 is 5.97 Å². The first-order valence-corrected chi connectivity index (χ1v) is 7.28. The highest BCUT2D eigenvalue weighted by Gasteiger charge is 2.21. The van der Waals surface area contributed by atoms with Crippen molar-refractivity contribution in [3.63, 3.8) is 0 Å². The highest BCUT2D eigenvalue weighted by Crippen LogP contribution is 2.26. The summed E-state index contributed by atoms with van der Waals surface area (Å²) >= 11 is 0. The lowest BCUT2D eigenvalue weighted by Gasteiger charge is -2.15. The number of aromatic nitrogens is 2. The second-order valence-electron chi connectivity index (χ2n) is 5.50. The highest BCUT2D eigenvalue weighted by molar-refractivity contribution is 5.86. The molecule has 0 aliphatic heterocycles. The molecule has 1 aromatic carbocycles. The van der Waals surface area contributed by atoms with Gasteiger partial charge in [-0.25, -0.2) is 14.2 Å². The number of carbonyl (C=O) groups is 1. The second kappa shape index (κ2) is 7.22. The monoisotopic (exact) mass is 349 g/mol. The molecule has 0 aliphatic rings. The van der Waals surface area contributed by atoms with E-state index in [0.717, 1.165) is 4.57 Å². The molecule has 0 aliphatic carbocycles. The molecular weight excluding hydrogens is 330 g/mol. The molecule has 0 fully saturated rings. The number of hydrogen-bond donors (Lipinski definition) is 2. The summed E-state index contributed by atoms with van der Waals surface area (Å²) in [6, 6.07) is 4.59. The van der Waals surface area contributed by atoms with Gasteiger partial charge in [0, 0.05) is 12.6 Å². The number of aromatic carboxylic acids is 1. The molecular formula is C16H19N3O6. The van der Waals surface area contributed by atoms with Crippen molar-refractivity contribution in [1.82, 2.24) is 14.5 Å². The molecule has 1 heterocycles. The minimum atomic E-state index is -1.38. The molecule has 0 saturated heterocycles. The van der Waals surface area contributed by atoms with Crippen molar-refractivity contribution in [1.29, 1.82) is 0 Å². The number of nitrogens with zero attached hydrogens (tertiary/aromatic N) is 2. The van der Waals surface area contributed by atoms with Crippen LogP contribution in [0.4, 0.5) is 0 Å². The number of ether oxygens (including phenoxy) is 2. The zero-order valence-corrected chi connectivity index (χ0v) is 14.3. The molecule has 9 nitrogen and oxygen atoms in total. The van der Waals surface area contributed by atoms with Crippen LogP contribution in [0.3, 0.4) is 0 Å². The van der Waals surface area contributed by atoms with Crippen LogP contribution >= 0.6 is 0 Å². The van der Waals surface area contributed by atoms with Gasteiger partial charge in [-0.3, -0.25) is 4.79 Å². The molecule has 0 radical (unpaired) electrons. The van der Waals surface area contributed by atoms with E-state index < -0.39 is 22.9 Å². The molecule has 0 atom stereocenters. The molecule has 25 heavy (non-hydrogen) atoms. The third-order valence-corrected chi connectivity index (χ3v) is 3.51. The summed E-state index contributed by atoms with van der Waals surface area (Å²) in [6.07, 6.45) is 0. The number of aromatic amines is 1. The summed E-state index contributed by atoms with van der Waals surface area (Å²) in [7, 11) is 6.25. The maximum Gasteiger partial charge on any atom is 0.352 e. The fourth-order valence-electron chi connectivity index (χ4n) is 2.41. The van der Waals surface area contributed by atoms with E-state index in [1.54, 1.807) is 25.1 Å². The molecule has 0 saturated carbocycles. The van der Waals surface area contributed by atoms with Gasteiger partial charge in [-0.15, -0.1) is 0 Å². The number of carboxylic acids is 1. The number of methoxy groups -OCH3 is 2. The number of rotatable bonds is 6. The van der Waals surface area contributed by atoms with Gasteiger partial charge >= 0.3 is 11.7 Å². The van der Waals surface area contributed by atoms with Crippen molar-refractivity contribution in [3.05, 3.63) is 50.3 Å². The molecule has 1 aromatic heterocycles. The van der Waals surface area contributed by atoms with Crippen molar-refractivity contribution in [2.24, 2.45) is 0 Å². The molecule has 9 heteroatoms. The van der Waals surface area contributed by atoms with Gasteiger partial charge in [0.2, 0.25) is 0 Å². The fourth-order valence-corrected chi connectivity index (χ4v) is 2.41. The highest BCUT2D eigenvalue weighted by atomic mass is 16.5. The maximum absolute atomic E-state index is 12.8. The Hall–Kier alpha value is -3.07. The van der Waals surface area contributed by atoms with Crippen LogP contribution in [0.15, 0.2) is 27.8 Å². The minimum Gasteiger partial charge on any atom is -0.497 e. The number of H-pyrrole nitrogens is 1. The summed E-state index contributed by atoms with van der Waals surface area (Å²) in [6.45, 7) is 0.0513. The van der Waals surface area contributed by atoms with E-state index in [0.29, 0.717) is 5.75 Å². The second-order valence-corrected chi connectivity index (χ2v) is 5.50. The van der Waals surface area contributed by atoms with Crippen LogP contribution < -0.4 is 20.7 Å². The largest absolute Gasteiger partial charge is 0.497 e. The first kappa shape index (κ1) is 18.3. The number of hydrogen-bond acceptors (Lipinski definition) is 6. The maximum atomic E-state index is 12.8. The predicted octanol–water partition coefficient (Wildman–Crippen LogP) is 0.303. The van der Waals surface area contributed by atoms with Gasteiger partial charge in [0.15, 0.2) is 0 Å². The van der Waals surface area contributed by atoms with Crippen LogP contribution in [0.2, 0.25) is 0 Å². The Balaban J connectivity index is 2.81. The molecule has 2 N–H and O–H groups in total. The molecule has 0 bridgehead atoms. The number of benzene rings is 1. The van der Waals surface area contributed by atoms with E-state index in [9.17, 15) is 19.5 Å². The van der Waals surface area contributed by atoms with E-state index in [2.05, 4.69) is 4.98 Å². The van der Waals surface area contributed by atoms with Gasteiger partial charge in [-0.2, -0.15) is 0 Å². The van der Waals surface area contributed by atoms with Crippen molar-refractivity contribution in [2.75, 3.05) is 28.3 Å². The Morgan fingerprint density at radius 2 is 1.92 bits per heavy atom. The third-order valence-electron chi connectivity index (χ3n) is 3.51. The predicted molar refractivity (Wildman–Crippen MR) is 90.1 cm³/mol. The summed E-state index contributed by atoms with van der Waals surface area (Å²) in [5.41, 5.74) is -1.86. The molecule has 0 amide bonds. The lowest BCUT2D eigenvalue weighted by Crippen LogP contribution is -2.40. The van der Waals surface area contributed by atoms with E-state index in [-0.39, 0.29) is 23.5 Å². The SMILES string of the molecule is COc1ccc(-n2c(=O)[nH]c(C(=O)O)c(CN(C)C)c2=O)c(OC)c1. The van der Waals surface area contributed by atoms with Crippen LogP contribution in [0, 0.1) is 0 Å². The van der Waals surface area contributed by atoms with Crippen LogP contribution in [0.5, 0.6) is 11.5 Å². The fraction of sp³-hybridized carbons (Fsp3) is 0.312. The summed E-state index contributed by atoms with van der Waals surface area (Å²) in [4.78, 5) is 40.5. The Morgan fingerprint density at radius 1 is 1.24 bits per heavy atom. The van der Waals surface area contributed by atoms with Crippen LogP contribution in [-0.4, -0.2) is 53.8 Å². The molecule has 2 rings (SSSR count). The normalized spacial score (nSPS) is 10.8. The number of nitrogens with one attached hydrogen (secondary N) is 1.